The first-order chi connectivity index (χ1) is 11.3. The fourth-order valence-corrected chi connectivity index (χ4v) is 3.19. The summed E-state index contributed by atoms with van der Waals surface area (Å²) in [5, 5.41) is 2.90. The zero-order valence-electron chi connectivity index (χ0n) is 14.7. The lowest BCUT2D eigenvalue weighted by Gasteiger charge is -2.34. The van der Waals surface area contributed by atoms with Crippen LogP contribution in [0.25, 0.3) is 0 Å². The van der Waals surface area contributed by atoms with E-state index in [4.69, 9.17) is 0 Å². The molecule has 5 nitrogen and oxygen atoms in total. The molecule has 1 saturated heterocycles. The third-order valence-electron chi connectivity index (χ3n) is 3.78. The van der Waals surface area contributed by atoms with Crippen LogP contribution in [0.3, 0.4) is 0 Å². The maximum atomic E-state index is 12.2. The molecule has 0 bridgehead atoms. The Bertz CT molecular complexity index is 549. The zero-order valence-corrected chi connectivity index (χ0v) is 15.6. The molecule has 132 valence electrons. The van der Waals surface area contributed by atoms with E-state index in [2.05, 4.69) is 31.0 Å². The Morgan fingerprint density at radius 3 is 2.29 bits per heavy atom. The maximum Gasteiger partial charge on any atom is 0.238 e. The Hall–Kier alpha value is -1.53. The summed E-state index contributed by atoms with van der Waals surface area (Å²) in [6, 6.07) is 9.47. The smallest absolute Gasteiger partial charge is 0.238 e. The van der Waals surface area contributed by atoms with Crippen LogP contribution in [0.1, 0.15) is 20.8 Å². The van der Waals surface area contributed by atoms with E-state index in [0.29, 0.717) is 25.4 Å². The average Bonchev–Trinajstić information content (AvgIpc) is 2.53. The molecule has 1 fully saturated rings. The summed E-state index contributed by atoms with van der Waals surface area (Å²) in [4.78, 5) is 28.3. The van der Waals surface area contributed by atoms with E-state index < -0.39 is 0 Å². The fourth-order valence-electron chi connectivity index (χ4n) is 2.45. The molecule has 2 amide bonds. The lowest BCUT2D eigenvalue weighted by Crippen LogP contribution is -2.51. The second kappa shape index (κ2) is 8.53. The van der Waals surface area contributed by atoms with Crippen molar-refractivity contribution in [2.45, 2.75) is 25.5 Å². The molecule has 0 atom stereocenters. The second-order valence-electron chi connectivity index (χ2n) is 6.97. The van der Waals surface area contributed by atoms with Gasteiger partial charge in [0.1, 0.15) is 0 Å². The molecule has 0 aromatic heterocycles. The fraction of sp³-hybridized carbons (Fsp3) is 0.556. The predicted molar refractivity (Wildman–Crippen MR) is 100 cm³/mol. The van der Waals surface area contributed by atoms with Crippen molar-refractivity contribution in [1.82, 2.24) is 9.80 Å². The molecular formula is C18H27N3O2S. The first-order valence-corrected chi connectivity index (χ1v) is 9.31. The molecule has 1 aromatic carbocycles. The third-order valence-corrected chi connectivity index (χ3v) is 5.04. The summed E-state index contributed by atoms with van der Waals surface area (Å²) in [7, 11) is 0. The van der Waals surface area contributed by atoms with Crippen LogP contribution in [0, 0.1) is 0 Å². The van der Waals surface area contributed by atoms with Crippen molar-refractivity contribution >= 4 is 29.3 Å². The van der Waals surface area contributed by atoms with Crippen molar-refractivity contribution in [2.75, 3.05) is 43.8 Å². The zero-order chi connectivity index (χ0) is 17.6. The SMILES string of the molecule is CC(C)(C)SCC(=O)N1CCN(CC(=O)Nc2ccccc2)CC1. The number of carbonyl (C=O) groups is 2. The lowest BCUT2D eigenvalue weighted by molar-refractivity contribution is -0.130. The predicted octanol–water partition coefficient (Wildman–Crippen LogP) is 2.30. The summed E-state index contributed by atoms with van der Waals surface area (Å²) < 4.78 is 0.104. The number of amides is 2. The molecular weight excluding hydrogens is 322 g/mol. The van der Waals surface area contributed by atoms with Crippen molar-refractivity contribution in [3.63, 3.8) is 0 Å². The van der Waals surface area contributed by atoms with Crippen LogP contribution in [-0.2, 0) is 9.59 Å². The molecule has 0 radical (unpaired) electrons. The van der Waals surface area contributed by atoms with Gasteiger partial charge in [0.05, 0.1) is 12.3 Å². The van der Waals surface area contributed by atoms with E-state index in [0.717, 1.165) is 18.8 Å². The van der Waals surface area contributed by atoms with Gasteiger partial charge in [0.25, 0.3) is 0 Å². The molecule has 2 rings (SSSR count). The van der Waals surface area contributed by atoms with Gasteiger partial charge in [0, 0.05) is 36.6 Å². The number of hydrogen-bond donors (Lipinski definition) is 1. The average molecular weight is 350 g/mol. The number of nitrogens with zero attached hydrogens (tertiary/aromatic N) is 2. The molecule has 0 aliphatic carbocycles. The van der Waals surface area contributed by atoms with Crippen LogP contribution in [-0.4, -0.2) is 64.8 Å². The minimum atomic E-state index is -0.00994. The first kappa shape index (κ1) is 18.8. The van der Waals surface area contributed by atoms with Crippen LogP contribution >= 0.6 is 11.8 Å². The van der Waals surface area contributed by atoms with Crippen molar-refractivity contribution < 1.29 is 9.59 Å². The Kier molecular flexibility index (Phi) is 6.69. The molecule has 24 heavy (non-hydrogen) atoms. The highest BCUT2D eigenvalue weighted by Gasteiger charge is 2.23. The topological polar surface area (TPSA) is 52.7 Å². The standard InChI is InChI=1S/C18H27N3O2S/c1-18(2,3)24-14-17(23)21-11-9-20(10-12-21)13-16(22)19-15-7-5-4-6-8-15/h4-8H,9-14H2,1-3H3,(H,19,22). The Morgan fingerprint density at radius 2 is 1.71 bits per heavy atom. The summed E-state index contributed by atoms with van der Waals surface area (Å²) in [5.41, 5.74) is 0.815. The van der Waals surface area contributed by atoms with Gasteiger partial charge in [-0.2, -0.15) is 0 Å². The van der Waals surface area contributed by atoms with Gasteiger partial charge in [-0.15, -0.1) is 11.8 Å². The quantitative estimate of drug-likeness (QED) is 0.886. The molecule has 0 saturated carbocycles. The van der Waals surface area contributed by atoms with Crippen molar-refractivity contribution in [3.8, 4) is 0 Å². The molecule has 0 unspecified atom stereocenters. The summed E-state index contributed by atoms with van der Waals surface area (Å²) >= 11 is 1.68. The number of nitrogens with one attached hydrogen (secondary N) is 1. The van der Waals surface area contributed by atoms with Crippen LogP contribution in [0.4, 0.5) is 5.69 Å². The van der Waals surface area contributed by atoms with Gasteiger partial charge >= 0.3 is 0 Å². The monoisotopic (exact) mass is 349 g/mol. The van der Waals surface area contributed by atoms with E-state index in [1.165, 1.54) is 0 Å². The highest BCUT2D eigenvalue weighted by molar-refractivity contribution is 8.01. The number of para-hydroxylation sites is 1. The van der Waals surface area contributed by atoms with Gasteiger partial charge in [-0.25, -0.2) is 0 Å². The Balaban J connectivity index is 1.70. The lowest BCUT2D eigenvalue weighted by atomic mass is 10.3. The van der Waals surface area contributed by atoms with E-state index in [9.17, 15) is 9.59 Å². The van der Waals surface area contributed by atoms with Gasteiger partial charge in [-0.1, -0.05) is 39.0 Å². The molecule has 1 heterocycles. The highest BCUT2D eigenvalue weighted by atomic mass is 32.2. The van der Waals surface area contributed by atoms with Gasteiger partial charge in [0.2, 0.25) is 11.8 Å². The molecule has 1 aliphatic heterocycles. The molecule has 1 N–H and O–H groups in total. The summed E-state index contributed by atoms with van der Waals surface area (Å²) in [6.45, 7) is 9.61. The van der Waals surface area contributed by atoms with Gasteiger partial charge < -0.3 is 10.2 Å². The Morgan fingerprint density at radius 1 is 1.08 bits per heavy atom. The van der Waals surface area contributed by atoms with E-state index in [1.54, 1.807) is 11.8 Å². The minimum absolute atomic E-state index is 0.00994. The van der Waals surface area contributed by atoms with Crippen LogP contribution in [0.2, 0.25) is 0 Å². The van der Waals surface area contributed by atoms with E-state index in [-0.39, 0.29) is 16.6 Å². The van der Waals surface area contributed by atoms with Crippen LogP contribution in [0.5, 0.6) is 0 Å². The molecule has 1 aliphatic rings. The van der Waals surface area contributed by atoms with Gasteiger partial charge in [0.15, 0.2) is 0 Å². The number of benzene rings is 1. The van der Waals surface area contributed by atoms with E-state index >= 15 is 0 Å². The highest BCUT2D eigenvalue weighted by Crippen LogP contribution is 2.23. The Labute approximate surface area is 148 Å². The number of hydrogen-bond acceptors (Lipinski definition) is 4. The van der Waals surface area contributed by atoms with Crippen molar-refractivity contribution in [2.24, 2.45) is 0 Å². The summed E-state index contributed by atoms with van der Waals surface area (Å²) in [6.07, 6.45) is 0. The molecule has 0 spiro atoms. The normalized spacial score (nSPS) is 16.0. The second-order valence-corrected chi connectivity index (χ2v) is 8.77. The van der Waals surface area contributed by atoms with Crippen LogP contribution < -0.4 is 5.32 Å². The van der Waals surface area contributed by atoms with Crippen molar-refractivity contribution in [3.05, 3.63) is 30.3 Å². The molecule has 1 aromatic rings. The van der Waals surface area contributed by atoms with E-state index in [1.807, 2.05) is 35.2 Å². The van der Waals surface area contributed by atoms with Gasteiger partial charge in [-0.3, -0.25) is 14.5 Å². The first-order valence-electron chi connectivity index (χ1n) is 8.32. The van der Waals surface area contributed by atoms with Crippen molar-refractivity contribution in [1.29, 1.82) is 0 Å². The minimum Gasteiger partial charge on any atom is -0.339 e. The number of rotatable bonds is 5. The largest absolute Gasteiger partial charge is 0.339 e. The summed E-state index contributed by atoms with van der Waals surface area (Å²) in [5.74, 6) is 0.713. The number of carbonyl (C=O) groups excluding carboxylic acids is 2. The number of anilines is 1. The van der Waals surface area contributed by atoms with Gasteiger partial charge in [-0.05, 0) is 12.1 Å². The number of piperazine rings is 1. The van der Waals surface area contributed by atoms with Crippen LogP contribution in [0.15, 0.2) is 30.3 Å². The maximum absolute atomic E-state index is 12.2. The third kappa shape index (κ3) is 6.53. The number of thioether (sulfide) groups is 1. The molecule has 6 heteroatoms.